The average molecular weight is 287 g/mol. The van der Waals surface area contributed by atoms with Gasteiger partial charge in [0.2, 0.25) is 0 Å². The van der Waals surface area contributed by atoms with Crippen molar-refractivity contribution in [1.82, 2.24) is 9.38 Å². The third-order valence-electron chi connectivity index (χ3n) is 3.38. The van der Waals surface area contributed by atoms with E-state index in [-0.39, 0.29) is 5.78 Å². The molecule has 0 aliphatic rings. The fourth-order valence-corrected chi connectivity index (χ4v) is 2.22. The number of fused-ring (bicyclic) bond motifs is 1. The van der Waals surface area contributed by atoms with Crippen LogP contribution in [0.1, 0.15) is 27.2 Å². The zero-order valence-corrected chi connectivity index (χ0v) is 12.0. The summed E-state index contributed by atoms with van der Waals surface area (Å²) in [7, 11) is 0. The van der Waals surface area contributed by atoms with E-state index in [2.05, 4.69) is 4.98 Å². The molecule has 0 unspecified atom stereocenters. The smallest absolute Gasteiger partial charge is 0.185 e. The summed E-state index contributed by atoms with van der Waals surface area (Å²) in [5.74, 6) is -0.140. The molecule has 0 saturated heterocycles. The Bertz CT molecular complexity index is 929. The van der Waals surface area contributed by atoms with E-state index >= 15 is 0 Å². The number of allylic oxidation sites excluding steroid dienone is 1. The van der Waals surface area contributed by atoms with E-state index in [1.807, 2.05) is 35.7 Å². The van der Waals surface area contributed by atoms with E-state index in [1.165, 1.54) is 6.08 Å². The molecule has 106 valence electrons. The molecule has 4 nitrogen and oxygen atoms in total. The van der Waals surface area contributed by atoms with Crippen LogP contribution in [0.2, 0.25) is 0 Å². The Balaban J connectivity index is 1.89. The lowest BCUT2D eigenvalue weighted by Crippen LogP contribution is -1.95. The monoisotopic (exact) mass is 287 g/mol. The maximum absolute atomic E-state index is 12.2. The second-order valence-electron chi connectivity index (χ2n) is 5.01. The van der Waals surface area contributed by atoms with E-state index in [1.54, 1.807) is 36.5 Å². The molecule has 0 radical (unpaired) electrons. The van der Waals surface area contributed by atoms with Crippen LogP contribution >= 0.6 is 0 Å². The number of aryl methyl sites for hydroxylation is 1. The lowest BCUT2D eigenvalue weighted by atomic mass is 10.1. The molecule has 0 bridgehead atoms. The number of hydrogen-bond acceptors (Lipinski definition) is 3. The van der Waals surface area contributed by atoms with Crippen molar-refractivity contribution in [2.75, 3.05) is 0 Å². The summed E-state index contributed by atoms with van der Waals surface area (Å²) < 4.78 is 1.92. The predicted molar refractivity (Wildman–Crippen MR) is 84.5 cm³/mol. The largest absolute Gasteiger partial charge is 0.300 e. The van der Waals surface area contributed by atoms with E-state index in [0.717, 1.165) is 16.9 Å². The molecule has 1 aromatic carbocycles. The maximum Gasteiger partial charge on any atom is 0.185 e. The van der Waals surface area contributed by atoms with Crippen LogP contribution in [0.3, 0.4) is 0 Å². The number of nitrogens with zero attached hydrogens (tertiary/aromatic N) is 3. The number of nitriles is 1. The average Bonchev–Trinajstić information content (AvgIpc) is 2.94. The van der Waals surface area contributed by atoms with Crippen LogP contribution in [0.5, 0.6) is 0 Å². The molecular weight excluding hydrogens is 274 g/mol. The Hall–Kier alpha value is -3.19. The summed E-state index contributed by atoms with van der Waals surface area (Å²) >= 11 is 0. The van der Waals surface area contributed by atoms with Gasteiger partial charge in [0.25, 0.3) is 0 Å². The molecule has 0 aliphatic heterocycles. The van der Waals surface area contributed by atoms with Crippen LogP contribution in [-0.2, 0) is 0 Å². The molecule has 2 heterocycles. The van der Waals surface area contributed by atoms with Crippen LogP contribution < -0.4 is 0 Å². The quantitative estimate of drug-likeness (QED) is 0.548. The standard InChI is InChI=1S/C18H13N3O/c1-13-7-8-21-16(12-20-18(21)9-13)5-6-17(22)15-4-2-3-14(10-15)11-19/h2-10,12H,1H3. The van der Waals surface area contributed by atoms with Crippen LogP contribution in [0, 0.1) is 18.3 Å². The fourth-order valence-electron chi connectivity index (χ4n) is 2.22. The minimum atomic E-state index is -0.140. The van der Waals surface area contributed by atoms with Crippen molar-refractivity contribution in [2.45, 2.75) is 6.92 Å². The Labute approximate surface area is 128 Å². The number of pyridine rings is 1. The molecule has 4 heteroatoms. The molecule has 3 aromatic rings. The molecule has 0 N–H and O–H groups in total. The van der Waals surface area contributed by atoms with E-state index in [9.17, 15) is 4.79 Å². The highest BCUT2D eigenvalue weighted by Crippen LogP contribution is 2.12. The van der Waals surface area contributed by atoms with E-state index in [0.29, 0.717) is 11.1 Å². The van der Waals surface area contributed by atoms with Gasteiger partial charge in [-0.3, -0.25) is 4.79 Å². The van der Waals surface area contributed by atoms with Crippen LogP contribution in [0.15, 0.2) is 54.9 Å². The van der Waals surface area contributed by atoms with Crippen LogP contribution in [-0.4, -0.2) is 15.2 Å². The van der Waals surface area contributed by atoms with Gasteiger partial charge in [0.15, 0.2) is 5.78 Å². The van der Waals surface area contributed by atoms with Gasteiger partial charge in [-0.2, -0.15) is 5.26 Å². The van der Waals surface area contributed by atoms with Crippen molar-refractivity contribution < 1.29 is 4.79 Å². The van der Waals surface area contributed by atoms with Crippen LogP contribution in [0.25, 0.3) is 11.7 Å². The molecule has 0 atom stereocenters. The first-order valence-corrected chi connectivity index (χ1v) is 6.84. The lowest BCUT2D eigenvalue weighted by molar-refractivity contribution is 0.104. The van der Waals surface area contributed by atoms with E-state index in [4.69, 9.17) is 5.26 Å². The number of imidazole rings is 1. The summed E-state index contributed by atoms with van der Waals surface area (Å²) in [4.78, 5) is 16.5. The van der Waals surface area contributed by atoms with Crippen molar-refractivity contribution in [2.24, 2.45) is 0 Å². The highest BCUT2D eigenvalue weighted by molar-refractivity contribution is 6.06. The second-order valence-corrected chi connectivity index (χ2v) is 5.01. The first kappa shape index (κ1) is 13.8. The van der Waals surface area contributed by atoms with Crippen molar-refractivity contribution in [3.8, 4) is 6.07 Å². The number of ketones is 1. The summed E-state index contributed by atoms with van der Waals surface area (Å²) in [5, 5.41) is 8.87. The second kappa shape index (κ2) is 5.66. The Morgan fingerprint density at radius 3 is 3.00 bits per heavy atom. The van der Waals surface area contributed by atoms with Gasteiger partial charge in [-0.15, -0.1) is 0 Å². The van der Waals surface area contributed by atoms with Crippen molar-refractivity contribution >= 4 is 17.5 Å². The third kappa shape index (κ3) is 2.65. The predicted octanol–water partition coefficient (Wildman–Crippen LogP) is 3.41. The number of rotatable bonds is 3. The van der Waals surface area contributed by atoms with Crippen LogP contribution in [0.4, 0.5) is 0 Å². The fraction of sp³-hybridized carbons (Fsp3) is 0.0556. The number of hydrogen-bond donors (Lipinski definition) is 0. The highest BCUT2D eigenvalue weighted by Gasteiger charge is 2.04. The van der Waals surface area contributed by atoms with Gasteiger partial charge in [0, 0.05) is 11.8 Å². The number of carbonyl (C=O) groups excluding carboxylic acids is 1. The summed E-state index contributed by atoms with van der Waals surface area (Å²) in [5.41, 5.74) is 3.79. The summed E-state index contributed by atoms with van der Waals surface area (Å²) in [6, 6.07) is 12.7. The molecule has 3 rings (SSSR count). The van der Waals surface area contributed by atoms with Gasteiger partial charge >= 0.3 is 0 Å². The minimum Gasteiger partial charge on any atom is -0.300 e. The lowest BCUT2D eigenvalue weighted by Gasteiger charge is -1.98. The first-order chi connectivity index (χ1) is 10.7. The summed E-state index contributed by atoms with van der Waals surface area (Å²) in [6.45, 7) is 2.01. The molecule has 0 aliphatic carbocycles. The van der Waals surface area contributed by atoms with Crippen molar-refractivity contribution in [3.05, 3.63) is 77.3 Å². The van der Waals surface area contributed by atoms with Gasteiger partial charge in [0.05, 0.1) is 23.5 Å². The number of aromatic nitrogens is 2. The molecule has 2 aromatic heterocycles. The first-order valence-electron chi connectivity index (χ1n) is 6.84. The third-order valence-corrected chi connectivity index (χ3v) is 3.38. The van der Waals surface area contributed by atoms with Gasteiger partial charge in [-0.1, -0.05) is 12.1 Å². The van der Waals surface area contributed by atoms with E-state index < -0.39 is 0 Å². The molecule has 0 fully saturated rings. The van der Waals surface area contributed by atoms with Gasteiger partial charge in [0.1, 0.15) is 5.65 Å². The molecule has 22 heavy (non-hydrogen) atoms. The Kier molecular flexibility index (Phi) is 3.55. The molecule has 0 saturated carbocycles. The van der Waals surface area contributed by atoms with Gasteiger partial charge in [-0.25, -0.2) is 4.98 Å². The minimum absolute atomic E-state index is 0.140. The van der Waals surface area contributed by atoms with Crippen molar-refractivity contribution in [3.63, 3.8) is 0 Å². The maximum atomic E-state index is 12.2. The number of carbonyl (C=O) groups is 1. The van der Waals surface area contributed by atoms with Crippen molar-refractivity contribution in [1.29, 1.82) is 5.26 Å². The number of benzene rings is 1. The molecular formula is C18H13N3O. The molecule has 0 spiro atoms. The summed E-state index contributed by atoms with van der Waals surface area (Å²) in [6.07, 6.45) is 6.89. The zero-order chi connectivity index (χ0) is 15.5. The Morgan fingerprint density at radius 2 is 2.18 bits per heavy atom. The normalized spacial score (nSPS) is 10.9. The van der Waals surface area contributed by atoms with Gasteiger partial charge < -0.3 is 4.40 Å². The molecule has 0 amide bonds. The highest BCUT2D eigenvalue weighted by atomic mass is 16.1. The topological polar surface area (TPSA) is 58.2 Å². The SMILES string of the molecule is Cc1ccn2c(C=CC(=O)c3cccc(C#N)c3)cnc2c1. The van der Waals surface area contributed by atoms with Gasteiger partial charge in [-0.05, 0) is 48.9 Å². The Morgan fingerprint density at radius 1 is 1.32 bits per heavy atom. The zero-order valence-electron chi connectivity index (χ0n) is 12.0.